The van der Waals surface area contributed by atoms with Gasteiger partial charge in [-0.05, 0) is 90.2 Å². The highest BCUT2D eigenvalue weighted by atomic mass is 16.6. The summed E-state index contributed by atoms with van der Waals surface area (Å²) in [6, 6.07) is 15.9. The predicted molar refractivity (Wildman–Crippen MR) is 202 cm³/mol. The first-order chi connectivity index (χ1) is 25.4. The van der Waals surface area contributed by atoms with Gasteiger partial charge in [0.1, 0.15) is 36.6 Å². The zero-order valence-corrected chi connectivity index (χ0v) is 33.1. The van der Waals surface area contributed by atoms with Crippen molar-refractivity contribution in [1.82, 2.24) is 15.5 Å². The lowest BCUT2D eigenvalue weighted by molar-refractivity contribution is -0.150. The summed E-state index contributed by atoms with van der Waals surface area (Å²) < 4.78 is 23.3. The Labute approximate surface area is 320 Å². The lowest BCUT2D eigenvalue weighted by atomic mass is 9.83. The first-order valence-corrected chi connectivity index (χ1v) is 19.2. The van der Waals surface area contributed by atoms with Crippen molar-refractivity contribution in [2.75, 3.05) is 0 Å². The Bertz CT molecular complexity index is 1570. The van der Waals surface area contributed by atoms with E-state index in [9.17, 15) is 24.0 Å². The number of hydrogen-bond donors (Lipinski definition) is 2. The highest BCUT2D eigenvalue weighted by Crippen LogP contribution is 2.46. The van der Waals surface area contributed by atoms with Crippen LogP contribution >= 0.6 is 0 Å². The maximum Gasteiger partial charge on any atom is 0.412 e. The second kappa shape index (κ2) is 18.7. The van der Waals surface area contributed by atoms with E-state index < -0.39 is 59.4 Å². The predicted octanol–water partition coefficient (Wildman–Crippen LogP) is 6.45. The summed E-state index contributed by atoms with van der Waals surface area (Å²) in [5.41, 5.74) is -0.0549. The molecule has 1 heterocycles. The average molecular weight is 750 g/mol. The molecule has 6 atom stereocenters. The molecule has 2 fully saturated rings. The monoisotopic (exact) mass is 749 g/mol. The molecule has 0 spiro atoms. The minimum absolute atomic E-state index is 0.0109. The maximum atomic E-state index is 13.9. The van der Waals surface area contributed by atoms with Crippen LogP contribution in [0.5, 0.6) is 0 Å². The zero-order valence-electron chi connectivity index (χ0n) is 33.1. The van der Waals surface area contributed by atoms with Gasteiger partial charge in [0.25, 0.3) is 0 Å². The Hall–Kier alpha value is -4.45. The van der Waals surface area contributed by atoms with Gasteiger partial charge in [0.2, 0.25) is 11.8 Å². The summed E-state index contributed by atoms with van der Waals surface area (Å²) in [7, 11) is 0. The topological polar surface area (TPSA) is 150 Å². The van der Waals surface area contributed by atoms with Gasteiger partial charge in [0, 0.05) is 12.3 Å². The van der Waals surface area contributed by atoms with E-state index in [1.807, 2.05) is 95.3 Å². The minimum Gasteiger partial charge on any atom is -0.461 e. The van der Waals surface area contributed by atoms with E-state index in [2.05, 4.69) is 24.5 Å². The van der Waals surface area contributed by atoms with Crippen molar-refractivity contribution >= 4 is 29.8 Å². The number of hydrogen-bond acceptors (Lipinski definition) is 9. The van der Waals surface area contributed by atoms with Gasteiger partial charge in [-0.15, -0.1) is 0 Å². The highest BCUT2D eigenvalue weighted by Gasteiger charge is 2.56. The van der Waals surface area contributed by atoms with Gasteiger partial charge < -0.3 is 29.6 Å². The van der Waals surface area contributed by atoms with Gasteiger partial charge in [-0.1, -0.05) is 80.9 Å². The van der Waals surface area contributed by atoms with Crippen LogP contribution < -0.4 is 10.6 Å². The fraction of sp³-hybridized carbons (Fsp3) is 0.595. The summed E-state index contributed by atoms with van der Waals surface area (Å²) in [5, 5.41) is 5.57. The fourth-order valence-corrected chi connectivity index (χ4v) is 7.32. The molecule has 0 aromatic heterocycles. The average Bonchev–Trinajstić information content (AvgIpc) is 3.69. The number of nitrogens with one attached hydrogen (secondary N) is 2. The van der Waals surface area contributed by atoms with E-state index >= 15 is 0 Å². The molecular formula is C42H59N3O9. The molecular weight excluding hydrogens is 690 g/mol. The molecule has 1 aliphatic carbocycles. The normalized spacial score (nSPS) is 21.9. The van der Waals surface area contributed by atoms with Crippen molar-refractivity contribution in [2.45, 2.75) is 143 Å². The Morgan fingerprint density at radius 1 is 0.870 bits per heavy atom. The summed E-state index contributed by atoms with van der Waals surface area (Å²) in [5.74, 6) is -2.53. The van der Waals surface area contributed by atoms with Crippen molar-refractivity contribution in [3.8, 4) is 0 Å². The number of amides is 3. The molecule has 1 aliphatic heterocycles. The molecule has 2 aliphatic rings. The molecule has 12 heteroatoms. The molecule has 0 radical (unpaired) electrons. The van der Waals surface area contributed by atoms with Crippen LogP contribution in [0.15, 0.2) is 60.7 Å². The van der Waals surface area contributed by atoms with E-state index in [4.69, 9.17) is 18.9 Å². The molecule has 2 N–H and O–H groups in total. The summed E-state index contributed by atoms with van der Waals surface area (Å²) in [6.07, 6.45) is 1.72. The highest BCUT2D eigenvalue weighted by molar-refractivity contribution is 5.91. The summed E-state index contributed by atoms with van der Waals surface area (Å²) in [6.45, 7) is 15.0. The number of esters is 2. The van der Waals surface area contributed by atoms with Crippen LogP contribution in [0, 0.1) is 17.8 Å². The molecule has 296 valence electrons. The van der Waals surface area contributed by atoms with Crippen molar-refractivity contribution in [3.63, 3.8) is 0 Å². The van der Waals surface area contributed by atoms with Gasteiger partial charge in [0.15, 0.2) is 0 Å². The number of benzene rings is 2. The molecule has 1 saturated carbocycles. The van der Waals surface area contributed by atoms with Gasteiger partial charge in [-0.3, -0.25) is 19.3 Å². The maximum absolute atomic E-state index is 13.9. The smallest absolute Gasteiger partial charge is 0.412 e. The second-order valence-corrected chi connectivity index (χ2v) is 16.3. The number of rotatable bonds is 15. The first-order valence-electron chi connectivity index (χ1n) is 19.2. The van der Waals surface area contributed by atoms with Crippen LogP contribution in [-0.2, 0) is 51.3 Å². The van der Waals surface area contributed by atoms with Crippen LogP contribution in [-0.4, -0.2) is 70.3 Å². The molecule has 0 unspecified atom stereocenters. The molecule has 3 amide bonds. The lowest BCUT2D eigenvalue weighted by Gasteiger charge is -2.36. The van der Waals surface area contributed by atoms with Gasteiger partial charge >= 0.3 is 18.0 Å². The lowest BCUT2D eigenvalue weighted by Crippen LogP contribution is -2.53. The van der Waals surface area contributed by atoms with Crippen LogP contribution in [0.2, 0.25) is 0 Å². The molecule has 1 saturated heterocycles. The standard InChI is InChI=1S/C42H59N3O9/c1-27(2)24-34-36(53-42(7,8)45(34)40(50)54-41(4,5)6)31-20-15-21-32(31)38(48)43-28(3)37(47)44-33(39(49)52-26-30-18-13-10-14-19-30)22-23-35(46)51-25-29-16-11-9-12-17-29/h9-14,16-19,27-28,31-34,36H,15,20-26H2,1-8H3,(H,43,48)(H,44,47)/t28-,31+,32+,33-,34-,36-/m0/s1. The van der Waals surface area contributed by atoms with E-state index in [1.165, 1.54) is 0 Å². The minimum atomic E-state index is -1.16. The van der Waals surface area contributed by atoms with Crippen LogP contribution in [0.25, 0.3) is 0 Å². The molecule has 12 nitrogen and oxygen atoms in total. The third-order valence-corrected chi connectivity index (χ3v) is 9.80. The van der Waals surface area contributed by atoms with E-state index in [0.717, 1.165) is 24.0 Å². The van der Waals surface area contributed by atoms with Gasteiger partial charge in [-0.2, -0.15) is 0 Å². The molecule has 0 bridgehead atoms. The Balaban J connectivity index is 1.42. The van der Waals surface area contributed by atoms with Crippen LogP contribution in [0.4, 0.5) is 4.79 Å². The van der Waals surface area contributed by atoms with E-state index in [0.29, 0.717) is 12.8 Å². The Morgan fingerprint density at radius 2 is 1.46 bits per heavy atom. The van der Waals surface area contributed by atoms with Gasteiger partial charge in [-0.25, -0.2) is 9.59 Å². The number of nitrogens with zero attached hydrogens (tertiary/aromatic N) is 1. The number of ether oxygens (including phenoxy) is 4. The third-order valence-electron chi connectivity index (χ3n) is 9.80. The molecule has 4 rings (SSSR count). The molecule has 2 aromatic carbocycles. The number of carbonyl (C=O) groups excluding carboxylic acids is 5. The first kappa shape index (κ1) is 42.3. The molecule has 54 heavy (non-hydrogen) atoms. The van der Waals surface area contributed by atoms with Crippen molar-refractivity contribution in [2.24, 2.45) is 17.8 Å². The summed E-state index contributed by atoms with van der Waals surface area (Å²) >= 11 is 0. The van der Waals surface area contributed by atoms with Crippen LogP contribution in [0.1, 0.15) is 105 Å². The van der Waals surface area contributed by atoms with E-state index in [1.54, 1.807) is 11.8 Å². The Kier molecular flexibility index (Phi) is 14.7. The van der Waals surface area contributed by atoms with Crippen molar-refractivity contribution < 1.29 is 42.9 Å². The third kappa shape index (κ3) is 12.0. The van der Waals surface area contributed by atoms with Crippen LogP contribution in [0.3, 0.4) is 0 Å². The number of carbonyl (C=O) groups is 5. The quantitative estimate of drug-likeness (QED) is 0.155. The zero-order chi connectivity index (χ0) is 39.6. The SMILES string of the molecule is CC(C)C[C@H]1[C@H]([C@@H]2CCC[C@H]2C(=O)N[C@@H](C)C(=O)N[C@@H](CCC(=O)OCc2ccccc2)C(=O)OCc2ccccc2)OC(C)(C)N1C(=O)OC(C)(C)C. The van der Waals surface area contributed by atoms with Gasteiger partial charge in [0.05, 0.1) is 12.1 Å². The molecule has 2 aromatic rings. The fourth-order valence-electron chi connectivity index (χ4n) is 7.32. The summed E-state index contributed by atoms with van der Waals surface area (Å²) in [4.78, 5) is 68.6. The van der Waals surface area contributed by atoms with Crippen molar-refractivity contribution in [1.29, 1.82) is 0 Å². The largest absolute Gasteiger partial charge is 0.461 e. The van der Waals surface area contributed by atoms with Crippen molar-refractivity contribution in [3.05, 3.63) is 71.8 Å². The van der Waals surface area contributed by atoms with E-state index in [-0.39, 0.29) is 49.8 Å². The second-order valence-electron chi connectivity index (χ2n) is 16.3. The Morgan fingerprint density at radius 3 is 2.04 bits per heavy atom.